The van der Waals surface area contributed by atoms with E-state index in [1.807, 2.05) is 31.2 Å². The van der Waals surface area contributed by atoms with Crippen LogP contribution in [0, 0.1) is 6.92 Å². The number of nitrogens with one attached hydrogen (secondary N) is 1. The van der Waals surface area contributed by atoms with Crippen LogP contribution in [-0.2, 0) is 4.74 Å². The highest BCUT2D eigenvalue weighted by molar-refractivity contribution is 5.89. The lowest BCUT2D eigenvalue weighted by Crippen LogP contribution is -2.34. The highest BCUT2D eigenvalue weighted by Crippen LogP contribution is 2.30. The van der Waals surface area contributed by atoms with E-state index in [0.717, 1.165) is 16.7 Å². The summed E-state index contributed by atoms with van der Waals surface area (Å²) < 4.78 is 10.9. The maximum absolute atomic E-state index is 11.6. The molecule has 0 fully saturated rings. The predicted molar refractivity (Wildman–Crippen MR) is 103 cm³/mol. The zero-order chi connectivity index (χ0) is 20.0. The summed E-state index contributed by atoms with van der Waals surface area (Å²) in [6.07, 6.45) is -0.484. The number of hydrogen-bond acceptors (Lipinski definition) is 4. The molecule has 2 aromatic carbocycles. The molecule has 2 N–H and O–H groups in total. The second-order valence-corrected chi connectivity index (χ2v) is 7.09. The molecule has 0 aromatic heterocycles. The molecule has 0 aliphatic carbocycles. The van der Waals surface area contributed by atoms with E-state index >= 15 is 0 Å². The van der Waals surface area contributed by atoms with Crippen molar-refractivity contribution in [1.82, 2.24) is 5.32 Å². The Morgan fingerprint density at radius 1 is 1.11 bits per heavy atom. The van der Waals surface area contributed by atoms with Crippen molar-refractivity contribution < 1.29 is 24.2 Å². The van der Waals surface area contributed by atoms with E-state index in [2.05, 4.69) is 5.32 Å². The first-order valence-corrected chi connectivity index (χ1v) is 8.70. The largest absolute Gasteiger partial charge is 0.491 e. The first-order valence-electron chi connectivity index (χ1n) is 8.70. The van der Waals surface area contributed by atoms with Crippen molar-refractivity contribution in [2.24, 2.45) is 0 Å². The van der Waals surface area contributed by atoms with Crippen LogP contribution in [-0.4, -0.2) is 35.9 Å². The topological polar surface area (TPSA) is 84.9 Å². The molecule has 6 heteroatoms. The zero-order valence-electron chi connectivity index (χ0n) is 16.0. The summed E-state index contributed by atoms with van der Waals surface area (Å²) in [5.41, 5.74) is 2.30. The Labute approximate surface area is 159 Å². The molecule has 0 bridgehead atoms. The molecule has 0 saturated carbocycles. The van der Waals surface area contributed by atoms with Gasteiger partial charge in [-0.15, -0.1) is 0 Å². The highest BCUT2D eigenvalue weighted by atomic mass is 16.6. The lowest BCUT2D eigenvalue weighted by Gasteiger charge is -2.19. The summed E-state index contributed by atoms with van der Waals surface area (Å²) in [4.78, 5) is 22.8. The van der Waals surface area contributed by atoms with Gasteiger partial charge in [-0.1, -0.05) is 24.3 Å². The van der Waals surface area contributed by atoms with Gasteiger partial charge in [0, 0.05) is 0 Å². The Balaban J connectivity index is 2.02. The maximum Gasteiger partial charge on any atom is 0.407 e. The van der Waals surface area contributed by atoms with Crippen LogP contribution in [0.5, 0.6) is 5.75 Å². The van der Waals surface area contributed by atoms with Crippen LogP contribution < -0.4 is 10.1 Å². The number of alkyl carbamates (subject to hydrolysis) is 1. The summed E-state index contributed by atoms with van der Waals surface area (Å²) in [5.74, 6) is -0.283. The Morgan fingerprint density at radius 3 is 2.48 bits per heavy atom. The number of carboxylic acids is 1. The van der Waals surface area contributed by atoms with Gasteiger partial charge in [-0.25, -0.2) is 9.59 Å². The Bertz CT molecular complexity index is 824. The van der Waals surface area contributed by atoms with Gasteiger partial charge >= 0.3 is 12.1 Å². The first-order chi connectivity index (χ1) is 12.7. The fourth-order valence-corrected chi connectivity index (χ4v) is 2.53. The number of carbonyl (C=O) groups is 2. The van der Waals surface area contributed by atoms with Crippen molar-refractivity contribution in [2.45, 2.75) is 33.3 Å². The van der Waals surface area contributed by atoms with Crippen molar-refractivity contribution in [1.29, 1.82) is 0 Å². The molecule has 0 unspecified atom stereocenters. The van der Waals surface area contributed by atoms with Gasteiger partial charge in [-0.2, -0.15) is 0 Å². The molecule has 0 atom stereocenters. The number of ether oxygens (including phenoxy) is 2. The van der Waals surface area contributed by atoms with Crippen LogP contribution in [0.25, 0.3) is 11.1 Å². The molecule has 0 radical (unpaired) electrons. The average Bonchev–Trinajstić information content (AvgIpc) is 2.58. The third kappa shape index (κ3) is 6.02. The molecular formula is C21H25NO5. The lowest BCUT2D eigenvalue weighted by atomic mass is 9.98. The van der Waals surface area contributed by atoms with Crippen LogP contribution in [0.15, 0.2) is 42.5 Å². The van der Waals surface area contributed by atoms with Crippen LogP contribution in [0.3, 0.4) is 0 Å². The molecule has 1 amide bonds. The van der Waals surface area contributed by atoms with Gasteiger partial charge in [-0.3, -0.25) is 0 Å². The number of carbonyl (C=O) groups excluding carboxylic acids is 1. The number of aromatic carboxylic acids is 1. The van der Waals surface area contributed by atoms with Crippen LogP contribution in [0.2, 0.25) is 0 Å². The van der Waals surface area contributed by atoms with E-state index in [0.29, 0.717) is 18.9 Å². The van der Waals surface area contributed by atoms with Crippen molar-refractivity contribution in [3.8, 4) is 16.9 Å². The molecule has 2 rings (SSSR count). The number of amides is 1. The smallest absolute Gasteiger partial charge is 0.407 e. The second kappa shape index (κ2) is 8.58. The lowest BCUT2D eigenvalue weighted by molar-refractivity contribution is 0.0519. The standard InChI is InChI=1S/C21H25NO5/c1-14-17(15-7-5-8-16(13-15)19(23)24)9-6-10-18(14)26-12-11-22-20(25)27-21(2,3)4/h5-10,13H,11-12H2,1-4H3,(H,22,25)(H,23,24). The maximum atomic E-state index is 11.6. The highest BCUT2D eigenvalue weighted by Gasteiger charge is 2.15. The van der Waals surface area contributed by atoms with E-state index in [1.54, 1.807) is 39.0 Å². The number of hydrogen-bond donors (Lipinski definition) is 2. The Kier molecular flexibility index (Phi) is 6.45. The normalized spacial score (nSPS) is 11.0. The van der Waals surface area contributed by atoms with Gasteiger partial charge in [0.15, 0.2) is 0 Å². The third-order valence-electron chi connectivity index (χ3n) is 3.73. The predicted octanol–water partition coefficient (Wildman–Crippen LogP) is 4.26. The molecule has 0 heterocycles. The van der Waals surface area contributed by atoms with E-state index in [1.165, 1.54) is 0 Å². The molecule has 0 aliphatic heterocycles. The molecule has 0 saturated heterocycles. The number of carboxylic acid groups (broad SMARTS) is 1. The van der Waals surface area contributed by atoms with Crippen molar-refractivity contribution in [3.63, 3.8) is 0 Å². The van der Waals surface area contributed by atoms with E-state index in [4.69, 9.17) is 14.6 Å². The van der Waals surface area contributed by atoms with Gasteiger partial charge in [0.2, 0.25) is 0 Å². The molecule has 27 heavy (non-hydrogen) atoms. The minimum atomic E-state index is -0.963. The number of benzene rings is 2. The minimum absolute atomic E-state index is 0.236. The summed E-state index contributed by atoms with van der Waals surface area (Å²) in [6.45, 7) is 7.93. The molecule has 0 aliphatic rings. The van der Waals surface area contributed by atoms with Gasteiger partial charge in [0.1, 0.15) is 18.0 Å². The molecular weight excluding hydrogens is 346 g/mol. The molecule has 6 nitrogen and oxygen atoms in total. The molecule has 144 valence electrons. The summed E-state index contributed by atoms with van der Waals surface area (Å²) >= 11 is 0. The summed E-state index contributed by atoms with van der Waals surface area (Å²) in [7, 11) is 0. The number of rotatable bonds is 6. The zero-order valence-corrected chi connectivity index (χ0v) is 16.0. The van der Waals surface area contributed by atoms with Crippen molar-refractivity contribution >= 4 is 12.1 Å². The van der Waals surface area contributed by atoms with Gasteiger partial charge in [0.25, 0.3) is 0 Å². The first kappa shape index (κ1) is 20.3. The third-order valence-corrected chi connectivity index (χ3v) is 3.73. The summed E-state index contributed by atoms with van der Waals surface area (Å²) in [6, 6.07) is 12.4. The van der Waals surface area contributed by atoms with E-state index < -0.39 is 17.7 Å². The molecule has 2 aromatic rings. The minimum Gasteiger partial charge on any atom is -0.491 e. The van der Waals surface area contributed by atoms with Crippen LogP contribution in [0.1, 0.15) is 36.7 Å². The Morgan fingerprint density at radius 2 is 1.81 bits per heavy atom. The van der Waals surface area contributed by atoms with Crippen LogP contribution in [0.4, 0.5) is 4.79 Å². The monoisotopic (exact) mass is 371 g/mol. The van der Waals surface area contributed by atoms with Crippen LogP contribution >= 0.6 is 0 Å². The fourth-order valence-electron chi connectivity index (χ4n) is 2.53. The van der Waals surface area contributed by atoms with Gasteiger partial charge in [0.05, 0.1) is 12.1 Å². The molecule has 0 spiro atoms. The summed E-state index contributed by atoms with van der Waals surface area (Å²) in [5, 5.41) is 11.8. The quantitative estimate of drug-likeness (QED) is 0.741. The van der Waals surface area contributed by atoms with E-state index in [9.17, 15) is 9.59 Å². The van der Waals surface area contributed by atoms with Crippen molar-refractivity contribution in [3.05, 3.63) is 53.6 Å². The van der Waals surface area contributed by atoms with Gasteiger partial charge in [-0.05, 0) is 62.6 Å². The van der Waals surface area contributed by atoms with Gasteiger partial charge < -0.3 is 19.9 Å². The van der Waals surface area contributed by atoms with E-state index in [-0.39, 0.29) is 5.56 Å². The fraction of sp³-hybridized carbons (Fsp3) is 0.333. The second-order valence-electron chi connectivity index (χ2n) is 7.09. The van der Waals surface area contributed by atoms with Crippen molar-refractivity contribution in [2.75, 3.05) is 13.2 Å². The average molecular weight is 371 g/mol. The Hall–Kier alpha value is -3.02. The SMILES string of the molecule is Cc1c(OCCNC(=O)OC(C)(C)C)cccc1-c1cccc(C(=O)O)c1.